The molecule has 0 heterocycles. The summed E-state index contributed by atoms with van der Waals surface area (Å²) in [7, 11) is 0. The van der Waals surface area contributed by atoms with Crippen LogP contribution in [0.4, 0.5) is 0 Å². The van der Waals surface area contributed by atoms with E-state index >= 15 is 0 Å². The molecule has 0 aromatic heterocycles. The van der Waals surface area contributed by atoms with Crippen molar-refractivity contribution in [2.45, 2.75) is 58.8 Å². The predicted octanol–water partition coefficient (Wildman–Crippen LogP) is 15.3. The first-order chi connectivity index (χ1) is 27.9. The van der Waals surface area contributed by atoms with E-state index in [1.807, 2.05) is 0 Å². The zero-order chi connectivity index (χ0) is 40.7. The molecule has 0 saturated carbocycles. The van der Waals surface area contributed by atoms with Crippen LogP contribution in [0.2, 0.25) is 0 Å². The van der Waals surface area contributed by atoms with Crippen LogP contribution >= 0.6 is 0 Å². The molecule has 8 aromatic carbocycles. The van der Waals surface area contributed by atoms with Crippen molar-refractivity contribution < 1.29 is 23.9 Å². The van der Waals surface area contributed by atoms with E-state index in [0.717, 1.165) is 30.3 Å². The molecule has 1 aliphatic rings. The second kappa shape index (κ2) is 18.0. The van der Waals surface area contributed by atoms with E-state index < -0.39 is 0 Å². The molecule has 9 rings (SSSR count). The summed E-state index contributed by atoms with van der Waals surface area (Å²) in [5.41, 5.74) is 13.3. The summed E-state index contributed by atoms with van der Waals surface area (Å²) in [6.07, 6.45) is 8.67. The second-order valence-corrected chi connectivity index (χ2v) is 18.9. The topological polar surface area (TPSA) is 0 Å². The van der Waals surface area contributed by atoms with E-state index in [-0.39, 0.29) is 10.8 Å². The maximum atomic E-state index is 3.44. The van der Waals surface area contributed by atoms with E-state index in [0.29, 0.717) is 0 Å². The van der Waals surface area contributed by atoms with Crippen LogP contribution in [0, 0.1) is 6.08 Å². The molecule has 1 heteroatoms. The zero-order valence-electron chi connectivity index (χ0n) is 34.7. The Hall–Kier alpha value is -5.37. The van der Waals surface area contributed by atoms with Gasteiger partial charge in [0.05, 0.1) is 0 Å². The van der Waals surface area contributed by atoms with Gasteiger partial charge in [-0.15, -0.1) is 63.5 Å². The Morgan fingerprint density at radius 1 is 0.466 bits per heavy atom. The van der Waals surface area contributed by atoms with Crippen LogP contribution < -0.4 is 0 Å². The first kappa shape index (κ1) is 40.8. The molecule has 0 saturated heterocycles. The van der Waals surface area contributed by atoms with Crippen LogP contribution in [-0.2, 0) is 34.7 Å². The van der Waals surface area contributed by atoms with Crippen molar-refractivity contribution in [3.8, 4) is 22.3 Å². The van der Waals surface area contributed by atoms with E-state index in [4.69, 9.17) is 0 Å². The summed E-state index contributed by atoms with van der Waals surface area (Å²) in [5, 5.41) is 5.48. The first-order valence-electron chi connectivity index (χ1n) is 20.3. The van der Waals surface area contributed by atoms with Gasteiger partial charge in [-0.3, -0.25) is 0 Å². The van der Waals surface area contributed by atoms with Crippen molar-refractivity contribution in [2.24, 2.45) is 0 Å². The molecule has 0 atom stereocenters. The molecule has 0 spiro atoms. The molecule has 0 nitrogen and oxygen atoms in total. The summed E-state index contributed by atoms with van der Waals surface area (Å²) in [4.78, 5) is 0. The quantitative estimate of drug-likeness (QED) is 0.119. The van der Waals surface area contributed by atoms with Gasteiger partial charge in [-0.05, 0) is 39.2 Å². The number of benzene rings is 7. The zero-order valence-corrected chi connectivity index (χ0v) is 38.3. The first-order valence-corrected chi connectivity index (χ1v) is 22.1. The summed E-state index contributed by atoms with van der Waals surface area (Å²) >= 11 is 1.08. The SMILES string of the molecule is CC(C)(C)c1ccc2c(c1)[cH-]c1cc(C(C)(C)C)ccc12.[C-]1=C(c2cc(-c3ccccc3)cc(-c3ccccc3)c2)C=CC1.[Hf+2]=[C](c1ccccc1)c1ccccc1. The van der Waals surface area contributed by atoms with Gasteiger partial charge < -0.3 is 0 Å². The van der Waals surface area contributed by atoms with Gasteiger partial charge in [0, 0.05) is 0 Å². The molecular formula is C57H52Hf. The van der Waals surface area contributed by atoms with Crippen molar-refractivity contribution in [1.82, 2.24) is 0 Å². The molecule has 0 fully saturated rings. The Kier molecular flexibility index (Phi) is 12.7. The molecule has 58 heavy (non-hydrogen) atoms. The molecule has 0 N–H and O–H groups in total. The number of fused-ring (bicyclic) bond motifs is 3. The van der Waals surface area contributed by atoms with Gasteiger partial charge in [0.1, 0.15) is 0 Å². The van der Waals surface area contributed by atoms with Crippen molar-refractivity contribution >= 4 is 30.4 Å². The second-order valence-electron chi connectivity index (χ2n) is 17.1. The summed E-state index contributed by atoms with van der Waals surface area (Å²) in [6, 6.07) is 65.3. The van der Waals surface area contributed by atoms with E-state index in [1.165, 1.54) is 80.4 Å². The summed E-state index contributed by atoms with van der Waals surface area (Å²) in [5.74, 6) is 0. The number of hydrogen-bond donors (Lipinski definition) is 0. The number of rotatable bonds is 5. The average molecular weight is 916 g/mol. The van der Waals surface area contributed by atoms with Gasteiger partial charge >= 0.3 is 98.9 Å². The van der Waals surface area contributed by atoms with Gasteiger partial charge in [0.15, 0.2) is 0 Å². The fourth-order valence-corrected chi connectivity index (χ4v) is 8.51. The van der Waals surface area contributed by atoms with E-state index in [1.54, 1.807) is 0 Å². The monoisotopic (exact) mass is 916 g/mol. The summed E-state index contributed by atoms with van der Waals surface area (Å²) < 4.78 is 1.46. The van der Waals surface area contributed by atoms with Crippen molar-refractivity contribution in [3.05, 3.63) is 228 Å². The standard InChI is InChI=1S/C23H17.C21H25.C13H10.Hf/c1-3-9-18(10-4-1)21-15-22(19-11-5-2-6-12-19)17-23(16-21)20-13-7-8-14-20;1-20(2,3)16-7-9-18-14(12-16)11-15-13-17(21(4,5)6)8-10-19(15)18;1-3-7-12(8-4-1)11-13-9-5-2-6-10-13;/h1-7,9-13,15-17H,8H2;7-13H,1-6H3;1-10H;/q2*-1;;+2. The van der Waals surface area contributed by atoms with Gasteiger partial charge in [-0.25, -0.2) is 0 Å². The molecule has 284 valence electrons. The van der Waals surface area contributed by atoms with Crippen LogP contribution in [-0.4, -0.2) is 3.26 Å². The van der Waals surface area contributed by atoms with Crippen LogP contribution in [0.25, 0.3) is 49.4 Å². The van der Waals surface area contributed by atoms with E-state index in [9.17, 15) is 0 Å². The van der Waals surface area contributed by atoms with Crippen LogP contribution in [0.3, 0.4) is 0 Å². The fraction of sp³-hybridized carbons (Fsp3) is 0.158. The van der Waals surface area contributed by atoms with Gasteiger partial charge in [0.25, 0.3) is 0 Å². The van der Waals surface area contributed by atoms with Gasteiger partial charge in [-0.2, -0.15) is 17.7 Å². The number of hydrogen-bond acceptors (Lipinski definition) is 0. The van der Waals surface area contributed by atoms with Crippen molar-refractivity contribution in [1.29, 1.82) is 0 Å². The minimum absolute atomic E-state index is 0.203. The van der Waals surface area contributed by atoms with E-state index in [2.05, 4.69) is 242 Å². The Bertz CT molecular complexity index is 2510. The molecule has 0 amide bonds. The van der Waals surface area contributed by atoms with Crippen molar-refractivity contribution in [3.63, 3.8) is 0 Å². The molecular weight excluding hydrogens is 863 g/mol. The molecule has 0 bridgehead atoms. The third kappa shape index (κ3) is 10.0. The van der Waals surface area contributed by atoms with Gasteiger partial charge in [0.2, 0.25) is 0 Å². The normalized spacial score (nSPS) is 12.4. The Morgan fingerprint density at radius 3 is 1.24 bits per heavy atom. The summed E-state index contributed by atoms with van der Waals surface area (Å²) in [6.45, 7) is 13.6. The molecule has 0 radical (unpaired) electrons. The Morgan fingerprint density at radius 2 is 0.862 bits per heavy atom. The fourth-order valence-electron chi connectivity index (χ4n) is 7.31. The Balaban J connectivity index is 0.000000136. The minimum atomic E-state index is 0.203. The number of allylic oxidation sites excluding steroid dienone is 4. The third-order valence-electron chi connectivity index (χ3n) is 10.7. The van der Waals surface area contributed by atoms with Crippen LogP contribution in [0.5, 0.6) is 0 Å². The molecule has 0 aliphatic heterocycles. The van der Waals surface area contributed by atoms with Crippen LogP contribution in [0.1, 0.15) is 75.8 Å². The maximum absolute atomic E-state index is 3.44. The van der Waals surface area contributed by atoms with Crippen molar-refractivity contribution in [2.75, 3.05) is 0 Å². The third-order valence-corrected chi connectivity index (χ3v) is 12.8. The van der Waals surface area contributed by atoms with Crippen LogP contribution in [0.15, 0.2) is 194 Å². The molecule has 0 unspecified atom stereocenters. The average Bonchev–Trinajstić information content (AvgIpc) is 3.93. The Labute approximate surface area is 361 Å². The predicted molar refractivity (Wildman–Crippen MR) is 248 cm³/mol. The molecule has 8 aromatic rings. The van der Waals surface area contributed by atoms with Gasteiger partial charge in [-0.1, -0.05) is 144 Å². The molecule has 1 aliphatic carbocycles.